The Morgan fingerprint density at radius 3 is 2.52 bits per heavy atom. The highest BCUT2D eigenvalue weighted by Gasteiger charge is 2.43. The third-order valence-corrected chi connectivity index (χ3v) is 3.53. The van der Waals surface area contributed by atoms with Crippen LogP contribution in [0.25, 0.3) is 0 Å². The summed E-state index contributed by atoms with van der Waals surface area (Å²) in [6.45, 7) is 1.58. The Morgan fingerprint density at radius 1 is 1.36 bits per heavy atom. The number of nitrogens with zero attached hydrogens (tertiary/aromatic N) is 3. The molecular weight excluding hydrogens is 336 g/mol. The summed E-state index contributed by atoms with van der Waals surface area (Å²) in [4.78, 5) is 28.3. The maximum absolute atomic E-state index is 11.5. The molecule has 1 fully saturated rings. The second kappa shape index (κ2) is 10.0. The van der Waals surface area contributed by atoms with Gasteiger partial charge in [0.2, 0.25) is 5.95 Å². The van der Waals surface area contributed by atoms with Gasteiger partial charge in [0.15, 0.2) is 6.23 Å². The van der Waals surface area contributed by atoms with Gasteiger partial charge in [-0.05, 0) is 6.42 Å². The molecule has 1 saturated heterocycles. The van der Waals surface area contributed by atoms with Gasteiger partial charge in [-0.1, -0.05) is 19.8 Å². The fourth-order valence-electron chi connectivity index (χ4n) is 2.17. The minimum atomic E-state index is -1.35. The predicted octanol–water partition coefficient (Wildman–Crippen LogP) is -1.52. The molecule has 1 aliphatic rings. The number of nitrogens with two attached hydrogens (primary N) is 1. The molecule has 25 heavy (non-hydrogen) atoms. The SMILES string of the molecule is CCCCCC(=O)O.Nc1ncn([C@@H]2O[C@H](CO)[C@@H](O)[C@H]2O)c(=O)n1. The van der Waals surface area contributed by atoms with Crippen LogP contribution in [-0.4, -0.2) is 65.8 Å². The van der Waals surface area contributed by atoms with Crippen LogP contribution in [0.15, 0.2) is 11.1 Å². The van der Waals surface area contributed by atoms with E-state index >= 15 is 0 Å². The zero-order valence-electron chi connectivity index (χ0n) is 13.9. The van der Waals surface area contributed by atoms with E-state index in [0.29, 0.717) is 6.42 Å². The number of aliphatic hydroxyl groups excluding tert-OH is 3. The van der Waals surface area contributed by atoms with E-state index in [9.17, 15) is 19.8 Å². The summed E-state index contributed by atoms with van der Waals surface area (Å²) in [6.07, 6.45) is -0.397. The highest BCUT2D eigenvalue weighted by atomic mass is 16.6. The van der Waals surface area contributed by atoms with Crippen LogP contribution in [0.3, 0.4) is 0 Å². The van der Waals surface area contributed by atoms with Crippen LogP contribution in [-0.2, 0) is 9.53 Å². The Hall–Kier alpha value is -2.08. The number of unbranched alkanes of at least 4 members (excludes halogenated alkanes) is 2. The Kier molecular flexibility index (Phi) is 8.41. The van der Waals surface area contributed by atoms with Crippen LogP contribution in [0.4, 0.5) is 5.95 Å². The van der Waals surface area contributed by atoms with Crippen LogP contribution >= 0.6 is 0 Å². The molecule has 2 rings (SSSR count). The largest absolute Gasteiger partial charge is 0.481 e. The van der Waals surface area contributed by atoms with Crippen LogP contribution in [0.1, 0.15) is 38.8 Å². The topological polar surface area (TPSA) is 181 Å². The number of aromatic nitrogens is 3. The third kappa shape index (κ3) is 6.05. The molecule has 0 bridgehead atoms. The number of hydrogen-bond acceptors (Lipinski definition) is 9. The van der Waals surface area contributed by atoms with Crippen molar-refractivity contribution < 1.29 is 30.0 Å². The van der Waals surface area contributed by atoms with Gasteiger partial charge < -0.3 is 30.9 Å². The van der Waals surface area contributed by atoms with Gasteiger partial charge in [-0.15, -0.1) is 0 Å². The van der Waals surface area contributed by atoms with Gasteiger partial charge >= 0.3 is 11.7 Å². The van der Waals surface area contributed by atoms with Crippen LogP contribution in [0, 0.1) is 0 Å². The Labute approximate surface area is 143 Å². The number of rotatable bonds is 6. The Bertz CT molecular complexity index is 609. The van der Waals surface area contributed by atoms with Gasteiger partial charge in [0.1, 0.15) is 24.6 Å². The molecule has 2 heterocycles. The second-order valence-corrected chi connectivity index (χ2v) is 5.48. The van der Waals surface area contributed by atoms with Crippen molar-refractivity contribution in [2.45, 2.75) is 57.1 Å². The van der Waals surface area contributed by atoms with Crippen LogP contribution in [0.2, 0.25) is 0 Å². The summed E-state index contributed by atoms with van der Waals surface area (Å²) in [5.74, 6) is -0.878. The van der Waals surface area contributed by atoms with E-state index in [0.717, 1.165) is 30.2 Å². The molecule has 0 amide bonds. The van der Waals surface area contributed by atoms with Crippen molar-refractivity contribution in [1.82, 2.24) is 14.5 Å². The van der Waals surface area contributed by atoms with Gasteiger partial charge in [0.25, 0.3) is 0 Å². The summed E-state index contributed by atoms with van der Waals surface area (Å²) < 4.78 is 6.04. The number of hydrogen-bond donors (Lipinski definition) is 5. The number of anilines is 1. The third-order valence-electron chi connectivity index (χ3n) is 3.53. The lowest BCUT2D eigenvalue weighted by atomic mass is 10.1. The fourth-order valence-corrected chi connectivity index (χ4v) is 2.17. The molecule has 0 saturated carbocycles. The molecule has 0 spiro atoms. The monoisotopic (exact) mass is 360 g/mol. The van der Waals surface area contributed by atoms with Gasteiger partial charge in [-0.2, -0.15) is 4.98 Å². The van der Waals surface area contributed by atoms with E-state index in [1.54, 1.807) is 0 Å². The quantitative estimate of drug-likeness (QED) is 0.374. The number of carbonyl (C=O) groups is 1. The molecule has 6 N–H and O–H groups in total. The molecule has 11 heteroatoms. The molecule has 1 aromatic rings. The molecule has 0 aromatic carbocycles. The first kappa shape index (κ1) is 21.0. The van der Waals surface area contributed by atoms with E-state index in [1.165, 1.54) is 0 Å². The molecular formula is C14H24N4O7. The lowest BCUT2D eigenvalue weighted by Crippen LogP contribution is -2.36. The predicted molar refractivity (Wildman–Crippen MR) is 85.5 cm³/mol. The molecule has 0 aliphatic carbocycles. The molecule has 0 radical (unpaired) electrons. The fraction of sp³-hybridized carbons (Fsp3) is 0.714. The van der Waals surface area contributed by atoms with Crippen molar-refractivity contribution in [3.8, 4) is 0 Å². The van der Waals surface area contributed by atoms with E-state index < -0.39 is 42.8 Å². The first-order valence-electron chi connectivity index (χ1n) is 7.86. The summed E-state index contributed by atoms with van der Waals surface area (Å²) in [6, 6.07) is 0. The van der Waals surface area contributed by atoms with Crippen molar-refractivity contribution in [3.63, 3.8) is 0 Å². The van der Waals surface area contributed by atoms with Gasteiger partial charge in [-0.3, -0.25) is 9.36 Å². The molecule has 0 unspecified atom stereocenters. The summed E-state index contributed by atoms with van der Waals surface area (Å²) in [7, 11) is 0. The first-order valence-corrected chi connectivity index (χ1v) is 7.86. The lowest BCUT2D eigenvalue weighted by molar-refractivity contribution is -0.137. The van der Waals surface area contributed by atoms with E-state index in [4.69, 9.17) is 20.7 Å². The number of carboxylic acids is 1. The Balaban J connectivity index is 0.000000333. The zero-order chi connectivity index (χ0) is 19.0. The van der Waals surface area contributed by atoms with Crippen molar-refractivity contribution in [2.24, 2.45) is 0 Å². The first-order chi connectivity index (χ1) is 11.8. The van der Waals surface area contributed by atoms with E-state index in [-0.39, 0.29) is 5.95 Å². The highest BCUT2D eigenvalue weighted by molar-refractivity contribution is 5.66. The summed E-state index contributed by atoms with van der Waals surface area (Å²) in [5, 5.41) is 36.2. The van der Waals surface area contributed by atoms with Crippen molar-refractivity contribution in [1.29, 1.82) is 0 Å². The molecule has 4 atom stereocenters. The minimum absolute atomic E-state index is 0.196. The number of aliphatic hydroxyl groups is 3. The van der Waals surface area contributed by atoms with Gasteiger partial charge in [0.05, 0.1) is 6.61 Å². The Morgan fingerprint density at radius 2 is 2.04 bits per heavy atom. The minimum Gasteiger partial charge on any atom is -0.481 e. The zero-order valence-corrected chi connectivity index (χ0v) is 13.9. The van der Waals surface area contributed by atoms with Crippen LogP contribution in [0.5, 0.6) is 0 Å². The van der Waals surface area contributed by atoms with Crippen molar-refractivity contribution >= 4 is 11.9 Å². The number of nitrogen functional groups attached to an aromatic ring is 1. The summed E-state index contributed by atoms with van der Waals surface area (Å²) >= 11 is 0. The maximum atomic E-state index is 11.5. The lowest BCUT2D eigenvalue weighted by Gasteiger charge is -2.16. The van der Waals surface area contributed by atoms with Gasteiger partial charge in [0, 0.05) is 6.42 Å². The average molecular weight is 360 g/mol. The number of carboxylic acid groups (broad SMARTS) is 1. The smallest absolute Gasteiger partial charge is 0.354 e. The highest BCUT2D eigenvalue weighted by Crippen LogP contribution is 2.27. The molecule has 1 aromatic heterocycles. The number of aliphatic carboxylic acids is 1. The standard InChI is InChI=1S/C8H12N4O5.C6H12O2/c9-7-10-2-12(8(16)11-7)6-5(15)4(14)3(1-13)17-6;1-2-3-4-5-6(7)8/h2-6,13-15H,1H2,(H2,9,11,16);2-5H2,1H3,(H,7,8)/t3-,4-,5-,6-;/m1./s1. The average Bonchev–Trinajstić information content (AvgIpc) is 2.83. The molecule has 11 nitrogen and oxygen atoms in total. The summed E-state index contributed by atoms with van der Waals surface area (Å²) in [5.41, 5.74) is 4.46. The maximum Gasteiger partial charge on any atom is 0.354 e. The van der Waals surface area contributed by atoms with E-state index in [1.807, 2.05) is 0 Å². The second-order valence-electron chi connectivity index (χ2n) is 5.48. The van der Waals surface area contributed by atoms with E-state index in [2.05, 4.69) is 16.9 Å². The molecule has 142 valence electrons. The van der Waals surface area contributed by atoms with Crippen molar-refractivity contribution in [2.75, 3.05) is 12.3 Å². The van der Waals surface area contributed by atoms with Crippen LogP contribution < -0.4 is 11.4 Å². The normalized spacial score (nSPS) is 25.3. The number of ether oxygens (including phenoxy) is 1. The van der Waals surface area contributed by atoms with Crippen molar-refractivity contribution in [3.05, 3.63) is 16.8 Å². The van der Waals surface area contributed by atoms with Gasteiger partial charge in [-0.25, -0.2) is 9.78 Å². The molecule has 1 aliphatic heterocycles.